The Morgan fingerprint density at radius 2 is 2.17 bits per heavy atom. The Labute approximate surface area is 120 Å². The molecule has 2 aromatic rings. The normalized spacial score (nSPS) is 10.1. The van der Waals surface area contributed by atoms with Crippen molar-refractivity contribution in [1.82, 2.24) is 4.98 Å². The lowest BCUT2D eigenvalue weighted by molar-refractivity contribution is 1.05. The van der Waals surface area contributed by atoms with Crippen LogP contribution in [0.1, 0.15) is 11.3 Å². The number of pyridine rings is 1. The van der Waals surface area contributed by atoms with Crippen molar-refractivity contribution in [2.45, 2.75) is 6.54 Å². The average molecular weight is 322 g/mol. The fraction of sp³-hybridized carbons (Fsp3) is 0.0769. The maximum atomic E-state index is 5.60. The Hall–Kier alpha value is -1.46. The summed E-state index contributed by atoms with van der Waals surface area (Å²) in [5.74, 6) is 0. The van der Waals surface area contributed by atoms with Gasteiger partial charge in [0.05, 0.1) is 12.2 Å². The third-order valence-corrected chi connectivity index (χ3v) is 3.31. The van der Waals surface area contributed by atoms with Gasteiger partial charge in [-0.25, -0.2) is 0 Å². The molecule has 0 fully saturated rings. The van der Waals surface area contributed by atoms with Crippen molar-refractivity contribution in [3.05, 3.63) is 58.3 Å². The van der Waals surface area contributed by atoms with Crippen LogP contribution in [-0.2, 0) is 6.54 Å². The van der Waals surface area contributed by atoms with Gasteiger partial charge >= 0.3 is 0 Å². The van der Waals surface area contributed by atoms with E-state index in [1.807, 2.05) is 36.4 Å². The fourth-order valence-electron chi connectivity index (χ4n) is 1.52. The number of halogens is 1. The van der Waals surface area contributed by atoms with Crippen LogP contribution in [0.3, 0.4) is 0 Å². The van der Waals surface area contributed by atoms with Crippen LogP contribution in [0.2, 0.25) is 0 Å². The maximum absolute atomic E-state index is 5.60. The number of hydrogen-bond acceptors (Lipinski definition) is 3. The first-order valence-corrected chi connectivity index (χ1v) is 6.60. The smallest absolute Gasteiger partial charge is 0.105 e. The minimum atomic E-state index is 0.387. The van der Waals surface area contributed by atoms with E-state index in [0.29, 0.717) is 11.5 Å². The predicted molar refractivity (Wildman–Crippen MR) is 81.6 cm³/mol. The second-order valence-corrected chi connectivity index (χ2v) is 5.03. The molecular weight excluding hydrogens is 310 g/mol. The fourth-order valence-corrected chi connectivity index (χ4v) is 2.42. The van der Waals surface area contributed by atoms with Crippen molar-refractivity contribution in [2.24, 2.45) is 5.73 Å². The Morgan fingerprint density at radius 3 is 2.78 bits per heavy atom. The molecule has 0 aliphatic carbocycles. The summed E-state index contributed by atoms with van der Waals surface area (Å²) in [6, 6.07) is 11.6. The highest BCUT2D eigenvalue weighted by Crippen LogP contribution is 2.21. The van der Waals surface area contributed by atoms with Crippen molar-refractivity contribution in [1.29, 1.82) is 0 Å². The molecule has 0 saturated heterocycles. The number of nitrogens with two attached hydrogens (primary N) is 1. The third kappa shape index (κ3) is 3.27. The topological polar surface area (TPSA) is 50.9 Å². The first kappa shape index (κ1) is 13.0. The van der Waals surface area contributed by atoms with E-state index in [2.05, 4.69) is 26.2 Å². The van der Waals surface area contributed by atoms with E-state index < -0.39 is 0 Å². The number of benzene rings is 1. The molecule has 0 radical (unpaired) electrons. The lowest BCUT2D eigenvalue weighted by Gasteiger charge is -2.08. The Balaban J connectivity index is 2.07. The van der Waals surface area contributed by atoms with Gasteiger partial charge in [0.2, 0.25) is 0 Å². The van der Waals surface area contributed by atoms with E-state index in [4.69, 9.17) is 18.0 Å². The molecule has 2 rings (SSSR count). The monoisotopic (exact) mass is 321 g/mol. The van der Waals surface area contributed by atoms with E-state index >= 15 is 0 Å². The standard InChI is InChI=1S/C13H12BrN3S/c14-12-7-9(4-5-11(12)13(15)18)17-8-10-3-1-2-6-16-10/h1-7,17H,8H2,(H2,15,18). The molecule has 92 valence electrons. The molecular formula is C13H12BrN3S. The Bertz CT molecular complexity index is 557. The zero-order chi connectivity index (χ0) is 13.0. The van der Waals surface area contributed by atoms with Crippen LogP contribution in [0.15, 0.2) is 47.1 Å². The number of aromatic nitrogens is 1. The molecule has 0 amide bonds. The summed E-state index contributed by atoms with van der Waals surface area (Å²) in [4.78, 5) is 4.63. The molecule has 3 nitrogen and oxygen atoms in total. The first-order chi connectivity index (χ1) is 8.66. The Morgan fingerprint density at radius 1 is 1.33 bits per heavy atom. The molecule has 18 heavy (non-hydrogen) atoms. The van der Waals surface area contributed by atoms with E-state index in [0.717, 1.165) is 21.4 Å². The van der Waals surface area contributed by atoms with Crippen molar-refractivity contribution < 1.29 is 0 Å². The maximum Gasteiger partial charge on any atom is 0.105 e. The molecule has 3 N–H and O–H groups in total. The van der Waals surface area contributed by atoms with E-state index in [1.165, 1.54) is 0 Å². The highest BCUT2D eigenvalue weighted by molar-refractivity contribution is 9.10. The molecule has 0 saturated carbocycles. The van der Waals surface area contributed by atoms with Crippen LogP contribution in [-0.4, -0.2) is 9.97 Å². The van der Waals surface area contributed by atoms with Gasteiger partial charge in [0.25, 0.3) is 0 Å². The van der Waals surface area contributed by atoms with Gasteiger partial charge in [0.15, 0.2) is 0 Å². The summed E-state index contributed by atoms with van der Waals surface area (Å²) in [6.07, 6.45) is 1.78. The molecule has 1 aromatic carbocycles. The van der Waals surface area contributed by atoms with Gasteiger partial charge in [-0.1, -0.05) is 18.3 Å². The number of thiocarbonyl (C=S) groups is 1. The quantitative estimate of drug-likeness (QED) is 0.850. The molecule has 0 atom stereocenters. The number of nitrogens with zero attached hydrogens (tertiary/aromatic N) is 1. The lowest BCUT2D eigenvalue weighted by Crippen LogP contribution is -2.10. The van der Waals surface area contributed by atoms with E-state index in [9.17, 15) is 0 Å². The molecule has 0 spiro atoms. The Kier molecular flexibility index (Phi) is 4.28. The molecule has 1 heterocycles. The SMILES string of the molecule is NC(=S)c1ccc(NCc2ccccn2)cc1Br. The van der Waals surface area contributed by atoms with Gasteiger partial charge in [0.1, 0.15) is 4.99 Å². The molecule has 5 heteroatoms. The first-order valence-electron chi connectivity index (χ1n) is 5.40. The number of hydrogen-bond donors (Lipinski definition) is 2. The van der Waals surface area contributed by atoms with Gasteiger partial charge in [-0.2, -0.15) is 0 Å². The van der Waals surface area contributed by atoms with Crippen LogP contribution >= 0.6 is 28.1 Å². The summed E-state index contributed by atoms with van der Waals surface area (Å²) >= 11 is 8.40. The predicted octanol–water partition coefficient (Wildman–Crippen LogP) is 3.09. The van der Waals surface area contributed by atoms with Crippen molar-refractivity contribution >= 4 is 38.8 Å². The summed E-state index contributed by atoms with van der Waals surface area (Å²) in [6.45, 7) is 0.680. The van der Waals surface area contributed by atoms with Crippen LogP contribution < -0.4 is 11.1 Å². The van der Waals surface area contributed by atoms with Crippen molar-refractivity contribution in [2.75, 3.05) is 5.32 Å². The van der Waals surface area contributed by atoms with Gasteiger partial charge in [-0.3, -0.25) is 4.98 Å². The van der Waals surface area contributed by atoms with Crippen molar-refractivity contribution in [3.63, 3.8) is 0 Å². The number of anilines is 1. The zero-order valence-electron chi connectivity index (χ0n) is 9.56. The summed E-state index contributed by atoms with van der Waals surface area (Å²) < 4.78 is 0.890. The van der Waals surface area contributed by atoms with Crippen LogP contribution in [0.4, 0.5) is 5.69 Å². The molecule has 1 aromatic heterocycles. The summed E-state index contributed by atoms with van der Waals surface area (Å²) in [5, 5.41) is 3.29. The van der Waals surface area contributed by atoms with Crippen LogP contribution in [0.25, 0.3) is 0 Å². The van der Waals surface area contributed by atoms with Gasteiger partial charge in [-0.15, -0.1) is 0 Å². The minimum Gasteiger partial charge on any atom is -0.389 e. The highest BCUT2D eigenvalue weighted by atomic mass is 79.9. The molecule has 0 aliphatic heterocycles. The van der Waals surface area contributed by atoms with Gasteiger partial charge < -0.3 is 11.1 Å². The molecule has 0 aliphatic rings. The number of nitrogens with one attached hydrogen (secondary N) is 1. The van der Waals surface area contributed by atoms with E-state index in [-0.39, 0.29) is 0 Å². The summed E-state index contributed by atoms with van der Waals surface area (Å²) in [7, 11) is 0. The molecule has 0 unspecified atom stereocenters. The average Bonchev–Trinajstić information content (AvgIpc) is 2.37. The van der Waals surface area contributed by atoms with Crippen LogP contribution in [0, 0.1) is 0 Å². The lowest BCUT2D eigenvalue weighted by atomic mass is 10.2. The third-order valence-electron chi connectivity index (χ3n) is 2.43. The van der Waals surface area contributed by atoms with Crippen LogP contribution in [0.5, 0.6) is 0 Å². The zero-order valence-corrected chi connectivity index (χ0v) is 12.0. The van der Waals surface area contributed by atoms with Gasteiger partial charge in [-0.05, 0) is 46.3 Å². The number of rotatable bonds is 4. The largest absolute Gasteiger partial charge is 0.389 e. The summed E-state index contributed by atoms with van der Waals surface area (Å²) in [5.41, 5.74) is 8.43. The van der Waals surface area contributed by atoms with Crippen molar-refractivity contribution in [3.8, 4) is 0 Å². The second kappa shape index (κ2) is 5.93. The second-order valence-electron chi connectivity index (χ2n) is 3.73. The minimum absolute atomic E-state index is 0.387. The van der Waals surface area contributed by atoms with E-state index in [1.54, 1.807) is 6.20 Å². The molecule has 0 bridgehead atoms. The highest BCUT2D eigenvalue weighted by Gasteiger charge is 2.03. The van der Waals surface area contributed by atoms with Gasteiger partial charge in [0, 0.05) is 21.9 Å².